The summed E-state index contributed by atoms with van der Waals surface area (Å²) >= 11 is 3.43. The summed E-state index contributed by atoms with van der Waals surface area (Å²) in [4.78, 5) is 0. The molecule has 0 aliphatic rings. The molecule has 100 valence electrons. The molecule has 0 aliphatic heterocycles. The van der Waals surface area contributed by atoms with Gasteiger partial charge in [-0.15, -0.1) is 0 Å². The van der Waals surface area contributed by atoms with Gasteiger partial charge in [-0.3, -0.25) is 0 Å². The van der Waals surface area contributed by atoms with Crippen molar-refractivity contribution in [2.45, 2.75) is 19.4 Å². The van der Waals surface area contributed by atoms with E-state index in [0.29, 0.717) is 13.2 Å². The maximum atomic E-state index is 5.90. The zero-order valence-electron chi connectivity index (χ0n) is 10.8. The van der Waals surface area contributed by atoms with Crippen molar-refractivity contribution in [3.05, 3.63) is 64.1 Å². The second-order valence-electron chi connectivity index (χ2n) is 4.42. The molecule has 0 heterocycles. The molecule has 0 unspecified atom stereocenters. The Labute approximate surface area is 122 Å². The van der Waals surface area contributed by atoms with E-state index >= 15 is 0 Å². The van der Waals surface area contributed by atoms with E-state index in [4.69, 9.17) is 10.5 Å². The van der Waals surface area contributed by atoms with Crippen molar-refractivity contribution in [1.82, 2.24) is 0 Å². The van der Waals surface area contributed by atoms with Crippen molar-refractivity contribution in [3.63, 3.8) is 0 Å². The van der Waals surface area contributed by atoms with Gasteiger partial charge in [-0.1, -0.05) is 46.3 Å². The van der Waals surface area contributed by atoms with Crippen LogP contribution in [0.5, 0.6) is 5.75 Å². The highest BCUT2D eigenvalue weighted by Crippen LogP contribution is 2.21. The van der Waals surface area contributed by atoms with E-state index in [1.165, 1.54) is 5.56 Å². The van der Waals surface area contributed by atoms with Gasteiger partial charge in [-0.25, -0.2) is 0 Å². The molecule has 0 spiro atoms. The molecule has 19 heavy (non-hydrogen) atoms. The average Bonchev–Trinajstić information content (AvgIpc) is 2.45. The number of aryl methyl sites for hydroxylation is 1. The fraction of sp³-hybridized carbons (Fsp3) is 0.250. The molecule has 0 saturated carbocycles. The number of hydrogen-bond donors (Lipinski definition) is 1. The van der Waals surface area contributed by atoms with Crippen LogP contribution in [-0.2, 0) is 13.0 Å². The zero-order chi connectivity index (χ0) is 13.5. The Morgan fingerprint density at radius 1 is 1.00 bits per heavy atom. The summed E-state index contributed by atoms with van der Waals surface area (Å²) in [6.07, 6.45) is 1.95. The molecule has 0 saturated heterocycles. The van der Waals surface area contributed by atoms with Gasteiger partial charge in [0.05, 0.1) is 0 Å². The smallest absolute Gasteiger partial charge is 0.122 e. The number of halogens is 1. The minimum Gasteiger partial charge on any atom is -0.489 e. The van der Waals surface area contributed by atoms with E-state index < -0.39 is 0 Å². The lowest BCUT2D eigenvalue weighted by atomic mass is 10.1. The van der Waals surface area contributed by atoms with E-state index in [9.17, 15) is 0 Å². The summed E-state index contributed by atoms with van der Waals surface area (Å²) in [5, 5.41) is 0. The molecular formula is C16H18BrNO. The molecule has 0 atom stereocenters. The van der Waals surface area contributed by atoms with Gasteiger partial charge in [0.1, 0.15) is 12.4 Å². The molecule has 0 radical (unpaired) electrons. The topological polar surface area (TPSA) is 35.2 Å². The van der Waals surface area contributed by atoms with Crippen molar-refractivity contribution < 1.29 is 4.74 Å². The van der Waals surface area contributed by atoms with Gasteiger partial charge in [-0.05, 0) is 48.7 Å². The summed E-state index contributed by atoms with van der Waals surface area (Å²) in [6.45, 7) is 1.30. The third-order valence-corrected chi connectivity index (χ3v) is 3.46. The van der Waals surface area contributed by atoms with Gasteiger partial charge in [0.2, 0.25) is 0 Å². The third kappa shape index (κ3) is 4.37. The fourth-order valence-electron chi connectivity index (χ4n) is 1.89. The number of benzene rings is 2. The predicted octanol–water partition coefficient (Wildman–Crippen LogP) is 3.92. The van der Waals surface area contributed by atoms with Crippen molar-refractivity contribution in [3.8, 4) is 5.75 Å². The van der Waals surface area contributed by atoms with Gasteiger partial charge in [0.25, 0.3) is 0 Å². The van der Waals surface area contributed by atoms with Crippen LogP contribution in [0, 0.1) is 0 Å². The SMILES string of the molecule is NCCCc1ccccc1OCc1ccc(Br)cc1. The van der Waals surface area contributed by atoms with Crippen LogP contribution in [0.1, 0.15) is 17.5 Å². The monoisotopic (exact) mass is 319 g/mol. The normalized spacial score (nSPS) is 10.4. The maximum Gasteiger partial charge on any atom is 0.122 e. The largest absolute Gasteiger partial charge is 0.489 e. The van der Waals surface area contributed by atoms with Gasteiger partial charge in [0.15, 0.2) is 0 Å². The fourth-order valence-corrected chi connectivity index (χ4v) is 2.15. The van der Waals surface area contributed by atoms with Crippen LogP contribution in [0.25, 0.3) is 0 Å². The first-order valence-electron chi connectivity index (χ1n) is 6.45. The molecule has 0 aliphatic carbocycles. The number of rotatable bonds is 6. The highest BCUT2D eigenvalue weighted by atomic mass is 79.9. The van der Waals surface area contributed by atoms with Gasteiger partial charge in [0, 0.05) is 4.47 Å². The van der Waals surface area contributed by atoms with Gasteiger partial charge < -0.3 is 10.5 Å². The summed E-state index contributed by atoms with van der Waals surface area (Å²) in [6, 6.07) is 16.3. The highest BCUT2D eigenvalue weighted by molar-refractivity contribution is 9.10. The number of nitrogens with two attached hydrogens (primary N) is 1. The Bertz CT molecular complexity index is 510. The summed E-state index contributed by atoms with van der Waals surface area (Å²) in [5.41, 5.74) is 7.95. The lowest BCUT2D eigenvalue weighted by Crippen LogP contribution is -2.03. The van der Waals surface area contributed by atoms with Gasteiger partial charge in [-0.2, -0.15) is 0 Å². The molecule has 0 aromatic heterocycles. The predicted molar refractivity (Wildman–Crippen MR) is 82.3 cm³/mol. The third-order valence-electron chi connectivity index (χ3n) is 2.93. The summed E-state index contributed by atoms with van der Waals surface area (Å²) in [5.74, 6) is 0.957. The van der Waals surface area contributed by atoms with E-state index in [1.54, 1.807) is 0 Å². The molecule has 2 N–H and O–H groups in total. The average molecular weight is 320 g/mol. The molecule has 2 nitrogen and oxygen atoms in total. The van der Waals surface area contributed by atoms with Crippen LogP contribution in [0.4, 0.5) is 0 Å². The second kappa shape index (κ2) is 7.31. The Morgan fingerprint density at radius 3 is 2.47 bits per heavy atom. The quantitative estimate of drug-likeness (QED) is 0.875. The van der Waals surface area contributed by atoms with E-state index in [2.05, 4.69) is 34.1 Å². The molecule has 2 aromatic rings. The van der Waals surface area contributed by atoms with Crippen molar-refractivity contribution in [2.75, 3.05) is 6.54 Å². The van der Waals surface area contributed by atoms with Crippen LogP contribution < -0.4 is 10.5 Å². The lowest BCUT2D eigenvalue weighted by Gasteiger charge is -2.11. The van der Waals surface area contributed by atoms with Crippen molar-refractivity contribution in [2.24, 2.45) is 5.73 Å². The highest BCUT2D eigenvalue weighted by Gasteiger charge is 2.03. The molecule has 0 amide bonds. The van der Waals surface area contributed by atoms with Crippen LogP contribution in [-0.4, -0.2) is 6.54 Å². The molecule has 2 aromatic carbocycles. The molecular weight excluding hydrogens is 302 g/mol. The Kier molecular flexibility index (Phi) is 5.43. The minimum atomic E-state index is 0.590. The first-order chi connectivity index (χ1) is 9.29. The van der Waals surface area contributed by atoms with E-state index in [-0.39, 0.29) is 0 Å². The minimum absolute atomic E-state index is 0.590. The molecule has 0 bridgehead atoms. The Hall–Kier alpha value is -1.32. The van der Waals surface area contributed by atoms with E-state index in [1.807, 2.05) is 30.3 Å². The molecule has 0 fully saturated rings. The maximum absolute atomic E-state index is 5.90. The van der Waals surface area contributed by atoms with Crippen LogP contribution in [0.15, 0.2) is 53.0 Å². The van der Waals surface area contributed by atoms with Crippen LogP contribution in [0.3, 0.4) is 0 Å². The Balaban J connectivity index is 2.00. The molecule has 3 heteroatoms. The number of para-hydroxylation sites is 1. The molecule has 2 rings (SSSR count). The summed E-state index contributed by atoms with van der Waals surface area (Å²) < 4.78 is 6.99. The standard InChI is InChI=1S/C16H18BrNO/c17-15-9-7-13(8-10-15)12-19-16-6-2-1-4-14(16)5-3-11-18/h1-2,4,6-10H,3,5,11-12,18H2. The first kappa shape index (κ1) is 14.1. The van der Waals surface area contributed by atoms with Crippen LogP contribution in [0.2, 0.25) is 0 Å². The Morgan fingerprint density at radius 2 is 1.74 bits per heavy atom. The van der Waals surface area contributed by atoms with Gasteiger partial charge >= 0.3 is 0 Å². The zero-order valence-corrected chi connectivity index (χ0v) is 12.4. The summed E-state index contributed by atoms with van der Waals surface area (Å²) in [7, 11) is 0. The van der Waals surface area contributed by atoms with Crippen molar-refractivity contribution in [1.29, 1.82) is 0 Å². The number of ether oxygens (including phenoxy) is 1. The van der Waals surface area contributed by atoms with Crippen molar-refractivity contribution >= 4 is 15.9 Å². The first-order valence-corrected chi connectivity index (χ1v) is 7.24. The lowest BCUT2D eigenvalue weighted by molar-refractivity contribution is 0.302. The number of hydrogen-bond acceptors (Lipinski definition) is 2. The van der Waals surface area contributed by atoms with Crippen LogP contribution >= 0.6 is 15.9 Å². The second-order valence-corrected chi connectivity index (χ2v) is 5.33. The van der Waals surface area contributed by atoms with E-state index in [0.717, 1.165) is 28.6 Å².